The van der Waals surface area contributed by atoms with E-state index in [0.717, 1.165) is 6.42 Å². The van der Waals surface area contributed by atoms with E-state index in [1.165, 1.54) is 11.3 Å². The number of amides is 1. The fourth-order valence-electron chi connectivity index (χ4n) is 2.32. The Morgan fingerprint density at radius 1 is 1.25 bits per heavy atom. The molecule has 28 heavy (non-hydrogen) atoms. The first-order valence-electron chi connectivity index (χ1n) is 9.16. The molecule has 0 aliphatic rings. The Morgan fingerprint density at radius 2 is 1.96 bits per heavy atom. The van der Waals surface area contributed by atoms with Crippen LogP contribution in [0.15, 0.2) is 29.6 Å². The van der Waals surface area contributed by atoms with E-state index in [0.29, 0.717) is 41.4 Å². The molecule has 0 saturated carbocycles. The second kappa shape index (κ2) is 11.0. The Kier molecular flexibility index (Phi) is 8.73. The lowest BCUT2D eigenvalue weighted by Gasteiger charge is -2.22. The number of hydrogen-bond donors (Lipinski definition) is 0. The molecule has 8 heteroatoms. The van der Waals surface area contributed by atoms with Crippen molar-refractivity contribution in [1.82, 2.24) is 9.88 Å². The standard InChI is InChI=1S/C20H25ClN2O4S/c1-4-26-20(25)17-13-28-18(22-17)11-23(10-9-14(2)3)19(24)12-27-16-7-5-15(21)6-8-16/h5-8,13-14H,4,9-12H2,1-3H3. The summed E-state index contributed by atoms with van der Waals surface area (Å²) < 4.78 is 10.5. The predicted octanol–water partition coefficient (Wildman–Crippen LogP) is 4.43. The van der Waals surface area contributed by atoms with E-state index in [1.54, 1.807) is 41.5 Å². The van der Waals surface area contributed by atoms with Crippen molar-refractivity contribution in [3.8, 4) is 5.75 Å². The highest BCUT2D eigenvalue weighted by atomic mass is 35.5. The SMILES string of the molecule is CCOC(=O)c1csc(CN(CCC(C)C)C(=O)COc2ccc(Cl)cc2)n1. The summed E-state index contributed by atoms with van der Waals surface area (Å²) in [6.45, 7) is 7.11. The third-order valence-electron chi connectivity index (χ3n) is 3.87. The number of ether oxygens (including phenoxy) is 2. The van der Waals surface area contributed by atoms with E-state index in [4.69, 9.17) is 21.1 Å². The normalized spacial score (nSPS) is 10.8. The van der Waals surface area contributed by atoms with Crippen molar-refractivity contribution in [2.24, 2.45) is 5.92 Å². The highest BCUT2D eigenvalue weighted by Gasteiger charge is 2.19. The maximum Gasteiger partial charge on any atom is 0.357 e. The first-order chi connectivity index (χ1) is 13.4. The third-order valence-corrected chi connectivity index (χ3v) is 4.95. The number of rotatable bonds is 10. The van der Waals surface area contributed by atoms with Crippen molar-refractivity contribution in [2.45, 2.75) is 33.7 Å². The second-order valence-electron chi connectivity index (χ2n) is 6.59. The van der Waals surface area contributed by atoms with Gasteiger partial charge in [0.05, 0.1) is 13.2 Å². The summed E-state index contributed by atoms with van der Waals surface area (Å²) in [6.07, 6.45) is 0.864. The van der Waals surface area contributed by atoms with E-state index >= 15 is 0 Å². The number of halogens is 1. The number of esters is 1. The Bertz CT molecular complexity index is 777. The summed E-state index contributed by atoms with van der Waals surface area (Å²) in [5.74, 6) is 0.457. The molecule has 6 nitrogen and oxygen atoms in total. The number of aromatic nitrogens is 1. The molecule has 0 bridgehead atoms. The molecule has 0 aliphatic carbocycles. The van der Waals surface area contributed by atoms with Gasteiger partial charge in [-0.3, -0.25) is 4.79 Å². The van der Waals surface area contributed by atoms with Gasteiger partial charge >= 0.3 is 5.97 Å². The largest absolute Gasteiger partial charge is 0.484 e. The molecule has 0 radical (unpaired) electrons. The van der Waals surface area contributed by atoms with Crippen LogP contribution in [0.3, 0.4) is 0 Å². The Hall–Kier alpha value is -2.12. The summed E-state index contributed by atoms with van der Waals surface area (Å²) in [7, 11) is 0. The third kappa shape index (κ3) is 7.13. The van der Waals surface area contributed by atoms with Crippen LogP contribution >= 0.6 is 22.9 Å². The van der Waals surface area contributed by atoms with Crippen molar-refractivity contribution in [3.05, 3.63) is 45.4 Å². The molecular formula is C20H25ClN2O4S. The van der Waals surface area contributed by atoms with Crippen LogP contribution in [0.25, 0.3) is 0 Å². The molecule has 1 heterocycles. The number of carbonyl (C=O) groups is 2. The molecule has 0 spiro atoms. The van der Waals surface area contributed by atoms with Gasteiger partial charge in [0.1, 0.15) is 10.8 Å². The highest BCUT2D eigenvalue weighted by molar-refractivity contribution is 7.09. The van der Waals surface area contributed by atoms with Crippen molar-refractivity contribution >= 4 is 34.8 Å². The fourth-order valence-corrected chi connectivity index (χ4v) is 3.22. The second-order valence-corrected chi connectivity index (χ2v) is 7.97. The number of carbonyl (C=O) groups excluding carboxylic acids is 2. The molecule has 0 aliphatic heterocycles. The van der Waals surface area contributed by atoms with Crippen LogP contribution in [0.2, 0.25) is 5.02 Å². The van der Waals surface area contributed by atoms with Gasteiger partial charge in [-0.15, -0.1) is 11.3 Å². The Balaban J connectivity index is 2.00. The number of nitrogens with zero attached hydrogens (tertiary/aromatic N) is 2. The van der Waals surface area contributed by atoms with Crippen molar-refractivity contribution < 1.29 is 19.1 Å². The topological polar surface area (TPSA) is 68.7 Å². The molecular weight excluding hydrogens is 400 g/mol. The molecule has 0 unspecified atom stereocenters. The van der Waals surface area contributed by atoms with E-state index < -0.39 is 5.97 Å². The summed E-state index contributed by atoms with van der Waals surface area (Å²) >= 11 is 7.20. The summed E-state index contributed by atoms with van der Waals surface area (Å²) in [4.78, 5) is 30.5. The zero-order chi connectivity index (χ0) is 20.5. The average molecular weight is 425 g/mol. The molecule has 1 aromatic carbocycles. The predicted molar refractivity (Wildman–Crippen MR) is 110 cm³/mol. The van der Waals surface area contributed by atoms with Gasteiger partial charge in [-0.05, 0) is 43.5 Å². The summed E-state index contributed by atoms with van der Waals surface area (Å²) in [5, 5.41) is 2.95. The molecule has 0 atom stereocenters. The van der Waals surface area contributed by atoms with Gasteiger partial charge in [0.15, 0.2) is 12.3 Å². The molecule has 0 fully saturated rings. The van der Waals surface area contributed by atoms with E-state index in [-0.39, 0.29) is 18.2 Å². The molecule has 1 aromatic heterocycles. The Labute approximate surface area is 174 Å². The Morgan fingerprint density at radius 3 is 2.61 bits per heavy atom. The highest BCUT2D eigenvalue weighted by Crippen LogP contribution is 2.17. The van der Waals surface area contributed by atoms with E-state index in [1.807, 2.05) is 0 Å². The van der Waals surface area contributed by atoms with Crippen molar-refractivity contribution in [3.63, 3.8) is 0 Å². The molecule has 152 valence electrons. The number of thiazole rings is 1. The van der Waals surface area contributed by atoms with Crippen molar-refractivity contribution in [2.75, 3.05) is 19.8 Å². The maximum atomic E-state index is 12.7. The lowest BCUT2D eigenvalue weighted by atomic mass is 10.1. The van der Waals surface area contributed by atoms with E-state index in [9.17, 15) is 9.59 Å². The zero-order valence-electron chi connectivity index (χ0n) is 16.3. The van der Waals surface area contributed by atoms with Crippen LogP contribution in [0.5, 0.6) is 5.75 Å². The van der Waals surface area contributed by atoms with Crippen LogP contribution in [0.1, 0.15) is 42.7 Å². The van der Waals surface area contributed by atoms with Gasteiger partial charge in [0.25, 0.3) is 5.91 Å². The van der Waals surface area contributed by atoms with Crippen molar-refractivity contribution in [1.29, 1.82) is 0 Å². The van der Waals surface area contributed by atoms with Gasteiger partial charge < -0.3 is 14.4 Å². The first-order valence-corrected chi connectivity index (χ1v) is 10.4. The lowest BCUT2D eigenvalue weighted by Crippen LogP contribution is -2.35. The van der Waals surface area contributed by atoms with Crippen LogP contribution in [-0.2, 0) is 16.1 Å². The number of benzene rings is 1. The average Bonchev–Trinajstić information content (AvgIpc) is 3.13. The first kappa shape index (κ1) is 22.2. The maximum absolute atomic E-state index is 12.7. The summed E-state index contributed by atoms with van der Waals surface area (Å²) in [6, 6.07) is 6.87. The lowest BCUT2D eigenvalue weighted by molar-refractivity contribution is -0.134. The van der Waals surface area contributed by atoms with E-state index in [2.05, 4.69) is 18.8 Å². The quantitative estimate of drug-likeness (QED) is 0.528. The van der Waals surface area contributed by atoms with Crippen LogP contribution in [0.4, 0.5) is 0 Å². The van der Waals surface area contributed by atoms with Crippen LogP contribution < -0.4 is 4.74 Å². The molecule has 2 rings (SSSR count). The van der Waals surface area contributed by atoms with Crippen LogP contribution in [-0.4, -0.2) is 41.5 Å². The molecule has 0 saturated heterocycles. The summed E-state index contributed by atoms with van der Waals surface area (Å²) in [5.41, 5.74) is 0.274. The minimum atomic E-state index is -0.448. The molecule has 0 N–H and O–H groups in total. The minimum Gasteiger partial charge on any atom is -0.484 e. The van der Waals surface area contributed by atoms with Gasteiger partial charge in [-0.2, -0.15) is 0 Å². The molecule has 2 aromatic rings. The zero-order valence-corrected chi connectivity index (χ0v) is 17.9. The van der Waals surface area contributed by atoms with Gasteiger partial charge in [-0.25, -0.2) is 9.78 Å². The monoisotopic (exact) mass is 424 g/mol. The minimum absolute atomic E-state index is 0.0736. The van der Waals surface area contributed by atoms with Gasteiger partial charge in [0.2, 0.25) is 0 Å². The smallest absolute Gasteiger partial charge is 0.357 e. The number of hydrogen-bond acceptors (Lipinski definition) is 6. The molecule has 1 amide bonds. The van der Waals surface area contributed by atoms with Crippen LogP contribution in [0, 0.1) is 5.92 Å². The van der Waals surface area contributed by atoms with Gasteiger partial charge in [0, 0.05) is 16.9 Å². The van der Waals surface area contributed by atoms with Gasteiger partial charge in [-0.1, -0.05) is 25.4 Å². The fraction of sp³-hybridized carbons (Fsp3) is 0.450.